The highest BCUT2D eigenvalue weighted by Gasteiger charge is 2.38. The number of rotatable bonds is 4. The van der Waals surface area contributed by atoms with Gasteiger partial charge in [-0.25, -0.2) is 8.42 Å². The Balaban J connectivity index is 1.50. The fraction of sp³-hybridized carbons (Fsp3) is 0.429. The van der Waals surface area contributed by atoms with Gasteiger partial charge in [0, 0.05) is 30.3 Å². The number of amides is 1. The van der Waals surface area contributed by atoms with E-state index < -0.39 is 10.0 Å². The second kappa shape index (κ2) is 8.53. The smallest absolute Gasteiger partial charge is 0.243 e. The molecule has 2 unspecified atom stereocenters. The topological polar surface area (TPSA) is 70.6 Å². The van der Waals surface area contributed by atoms with Crippen molar-refractivity contribution in [3.05, 3.63) is 58.8 Å². The van der Waals surface area contributed by atoms with E-state index in [1.807, 2.05) is 23.1 Å². The molecular weight excluding hydrogens is 454 g/mol. The highest BCUT2D eigenvalue weighted by molar-refractivity contribution is 9.10. The van der Waals surface area contributed by atoms with Crippen molar-refractivity contribution in [1.29, 1.82) is 0 Å². The van der Waals surface area contributed by atoms with Crippen LogP contribution in [-0.4, -0.2) is 48.1 Å². The van der Waals surface area contributed by atoms with E-state index in [0.29, 0.717) is 19.5 Å². The molecule has 2 saturated heterocycles. The van der Waals surface area contributed by atoms with Crippen LogP contribution in [0.3, 0.4) is 0 Å². The van der Waals surface area contributed by atoms with E-state index in [1.54, 1.807) is 30.5 Å². The zero-order chi connectivity index (χ0) is 20.4. The van der Waals surface area contributed by atoms with Crippen LogP contribution in [0.4, 0.5) is 0 Å². The van der Waals surface area contributed by atoms with Crippen molar-refractivity contribution in [2.75, 3.05) is 19.6 Å². The first-order valence-electron chi connectivity index (χ1n) is 9.94. The number of pyridine rings is 1. The number of piperidine rings is 1. The maximum atomic E-state index is 13.3. The normalized spacial score (nSPS) is 23.3. The molecule has 0 aliphatic carbocycles. The number of nitrogens with zero attached hydrogens (tertiary/aromatic N) is 3. The fourth-order valence-corrected chi connectivity index (χ4v) is 6.05. The second-order valence-electron chi connectivity index (χ2n) is 7.60. The van der Waals surface area contributed by atoms with Gasteiger partial charge in [0.15, 0.2) is 0 Å². The average molecular weight is 478 g/mol. The van der Waals surface area contributed by atoms with Crippen LogP contribution >= 0.6 is 15.9 Å². The van der Waals surface area contributed by atoms with Gasteiger partial charge in [-0.3, -0.25) is 9.78 Å². The first kappa shape index (κ1) is 20.5. The zero-order valence-corrected chi connectivity index (χ0v) is 18.5. The predicted molar refractivity (Wildman–Crippen MR) is 114 cm³/mol. The van der Waals surface area contributed by atoms with E-state index >= 15 is 0 Å². The third-order valence-electron chi connectivity index (χ3n) is 5.75. The van der Waals surface area contributed by atoms with Crippen molar-refractivity contribution in [3.8, 4) is 0 Å². The second-order valence-corrected chi connectivity index (χ2v) is 10.5. The minimum Gasteiger partial charge on any atom is -0.334 e. The lowest BCUT2D eigenvalue weighted by Gasteiger charge is -2.35. The molecule has 2 fully saturated rings. The van der Waals surface area contributed by atoms with Crippen LogP contribution in [0.25, 0.3) is 0 Å². The van der Waals surface area contributed by atoms with E-state index in [0.717, 1.165) is 29.4 Å². The van der Waals surface area contributed by atoms with Gasteiger partial charge >= 0.3 is 0 Å². The molecule has 0 bridgehead atoms. The highest BCUT2D eigenvalue weighted by Crippen LogP contribution is 2.34. The first-order valence-corrected chi connectivity index (χ1v) is 12.2. The molecule has 2 atom stereocenters. The lowest BCUT2D eigenvalue weighted by molar-refractivity contribution is -0.137. The molecule has 0 N–H and O–H groups in total. The van der Waals surface area contributed by atoms with Gasteiger partial charge in [-0.2, -0.15) is 4.31 Å². The summed E-state index contributed by atoms with van der Waals surface area (Å²) in [6, 6.07) is 12.4. The molecule has 1 aromatic heterocycles. The third kappa shape index (κ3) is 4.25. The molecule has 154 valence electrons. The molecule has 4 rings (SSSR count). The number of likely N-dealkylation sites (tertiary alicyclic amines) is 1. The lowest BCUT2D eigenvalue weighted by atomic mass is 9.97. The summed E-state index contributed by atoms with van der Waals surface area (Å²) in [7, 11) is -3.61. The molecular formula is C21H24BrN3O3S. The van der Waals surface area contributed by atoms with Gasteiger partial charge < -0.3 is 4.90 Å². The largest absolute Gasteiger partial charge is 0.334 e. The molecule has 1 aromatic carbocycles. The number of benzene rings is 1. The molecule has 0 radical (unpaired) electrons. The fourth-order valence-electron chi connectivity index (χ4n) is 4.26. The molecule has 2 aromatic rings. The van der Waals surface area contributed by atoms with Crippen molar-refractivity contribution in [2.45, 2.75) is 36.6 Å². The Bertz CT molecular complexity index is 966. The van der Waals surface area contributed by atoms with E-state index in [2.05, 4.69) is 20.9 Å². The Morgan fingerprint density at radius 3 is 2.52 bits per heavy atom. The van der Waals surface area contributed by atoms with Gasteiger partial charge in [0.05, 0.1) is 22.5 Å². The van der Waals surface area contributed by atoms with Gasteiger partial charge in [0.2, 0.25) is 15.9 Å². The molecule has 8 heteroatoms. The maximum absolute atomic E-state index is 13.3. The van der Waals surface area contributed by atoms with Crippen LogP contribution in [0.1, 0.15) is 37.4 Å². The maximum Gasteiger partial charge on any atom is 0.243 e. The number of halogens is 1. The Kier molecular flexibility index (Phi) is 6.03. The van der Waals surface area contributed by atoms with E-state index in [4.69, 9.17) is 0 Å². The first-order chi connectivity index (χ1) is 14.0. The zero-order valence-electron chi connectivity index (χ0n) is 16.1. The Hall–Kier alpha value is -1.77. The number of carbonyl (C=O) groups is 1. The molecule has 29 heavy (non-hydrogen) atoms. The minimum atomic E-state index is -3.61. The molecule has 6 nitrogen and oxygen atoms in total. The Morgan fingerprint density at radius 2 is 1.79 bits per heavy atom. The number of sulfonamides is 1. The monoisotopic (exact) mass is 477 g/mol. The van der Waals surface area contributed by atoms with Gasteiger partial charge in [-0.05, 0) is 62.1 Å². The minimum absolute atomic E-state index is 0.0119. The van der Waals surface area contributed by atoms with Crippen molar-refractivity contribution >= 4 is 31.9 Å². The number of aromatic nitrogens is 1. The lowest BCUT2D eigenvalue weighted by Crippen LogP contribution is -2.46. The van der Waals surface area contributed by atoms with Crippen LogP contribution in [0.2, 0.25) is 0 Å². The quantitative estimate of drug-likeness (QED) is 0.674. The SMILES string of the molecule is O=C(C1CCCN(S(=O)(=O)c2ccc(Br)cc2)C1)N1CCCC1c1ccccn1. The van der Waals surface area contributed by atoms with Crippen LogP contribution < -0.4 is 0 Å². The third-order valence-corrected chi connectivity index (χ3v) is 8.16. The Labute approximate surface area is 180 Å². The van der Waals surface area contributed by atoms with Gasteiger partial charge in [-0.15, -0.1) is 0 Å². The molecule has 0 saturated carbocycles. The summed E-state index contributed by atoms with van der Waals surface area (Å²) in [6.07, 6.45) is 5.01. The van der Waals surface area contributed by atoms with Gasteiger partial charge in [-0.1, -0.05) is 22.0 Å². The molecule has 2 aliphatic heterocycles. The Morgan fingerprint density at radius 1 is 1.03 bits per heavy atom. The molecule has 3 heterocycles. The van der Waals surface area contributed by atoms with Gasteiger partial charge in [0.25, 0.3) is 0 Å². The van der Waals surface area contributed by atoms with Crippen molar-refractivity contribution in [3.63, 3.8) is 0 Å². The van der Waals surface area contributed by atoms with E-state index in [9.17, 15) is 13.2 Å². The number of hydrogen-bond donors (Lipinski definition) is 0. The molecule has 1 amide bonds. The summed E-state index contributed by atoms with van der Waals surface area (Å²) in [6.45, 7) is 1.39. The van der Waals surface area contributed by atoms with E-state index in [-0.39, 0.29) is 29.3 Å². The molecule has 2 aliphatic rings. The summed E-state index contributed by atoms with van der Waals surface area (Å²) in [5.74, 6) is -0.257. The summed E-state index contributed by atoms with van der Waals surface area (Å²) in [5, 5.41) is 0. The van der Waals surface area contributed by atoms with Crippen LogP contribution in [0.15, 0.2) is 58.0 Å². The standard InChI is InChI=1S/C21H24BrN3O3S/c22-17-8-10-18(11-9-17)29(27,28)24-13-3-5-16(15-24)21(26)25-14-4-7-20(25)19-6-1-2-12-23-19/h1-2,6,8-12,16,20H,3-5,7,13-15H2. The molecule has 0 spiro atoms. The highest BCUT2D eigenvalue weighted by atomic mass is 79.9. The van der Waals surface area contributed by atoms with E-state index in [1.165, 1.54) is 4.31 Å². The van der Waals surface area contributed by atoms with Crippen molar-refractivity contribution < 1.29 is 13.2 Å². The number of hydrogen-bond acceptors (Lipinski definition) is 4. The average Bonchev–Trinajstić information content (AvgIpc) is 3.24. The van der Waals surface area contributed by atoms with Crippen molar-refractivity contribution in [2.24, 2.45) is 5.92 Å². The van der Waals surface area contributed by atoms with Crippen LogP contribution in [-0.2, 0) is 14.8 Å². The summed E-state index contributed by atoms with van der Waals surface area (Å²) in [4.78, 5) is 19.9. The van der Waals surface area contributed by atoms with Crippen LogP contribution in [0, 0.1) is 5.92 Å². The number of carbonyl (C=O) groups excluding carboxylic acids is 1. The van der Waals surface area contributed by atoms with Gasteiger partial charge in [0.1, 0.15) is 0 Å². The van der Waals surface area contributed by atoms with Crippen LogP contribution in [0.5, 0.6) is 0 Å². The summed E-state index contributed by atoms with van der Waals surface area (Å²) >= 11 is 3.34. The van der Waals surface area contributed by atoms with Crippen molar-refractivity contribution in [1.82, 2.24) is 14.2 Å². The summed E-state index contributed by atoms with van der Waals surface area (Å²) in [5.41, 5.74) is 0.911. The summed E-state index contributed by atoms with van der Waals surface area (Å²) < 4.78 is 28.4. The predicted octanol–water partition coefficient (Wildman–Crippen LogP) is 3.61.